The second kappa shape index (κ2) is 12.9. The molecular formula is C27H38N4O5S. The van der Waals surface area contributed by atoms with Crippen LogP contribution >= 0.6 is 0 Å². The molecule has 1 fully saturated rings. The minimum atomic E-state index is -3.98. The number of carbonyl (C=O) groups excluding carboxylic acids is 2. The number of ether oxygens (including phenoxy) is 1. The Kier molecular flexibility index (Phi) is 9.93. The number of amides is 2. The number of nitrogens with zero attached hydrogens (tertiary/aromatic N) is 3. The summed E-state index contributed by atoms with van der Waals surface area (Å²) in [5.41, 5.74) is 1.15. The Morgan fingerprint density at radius 1 is 1.05 bits per heavy atom. The minimum Gasteiger partial charge on any atom is -0.497 e. The van der Waals surface area contributed by atoms with Gasteiger partial charge in [0.05, 0.1) is 12.8 Å². The third-order valence-electron chi connectivity index (χ3n) is 6.64. The van der Waals surface area contributed by atoms with Crippen LogP contribution in [0.3, 0.4) is 0 Å². The monoisotopic (exact) mass is 530 g/mol. The van der Waals surface area contributed by atoms with E-state index in [1.54, 1.807) is 43.5 Å². The molecule has 1 aliphatic carbocycles. The number of methoxy groups -OCH3 is 1. The van der Waals surface area contributed by atoms with E-state index in [1.165, 1.54) is 19.0 Å². The lowest BCUT2D eigenvalue weighted by Gasteiger charge is -2.34. The van der Waals surface area contributed by atoms with Gasteiger partial charge in [-0.05, 0) is 49.1 Å². The van der Waals surface area contributed by atoms with Crippen LogP contribution in [0.15, 0.2) is 54.6 Å². The SMILES string of the molecule is CC[C@@H](C(=O)NC1CCCC1)N(Cc1cccc(OC)c1)C(=O)CN(c1ccccc1)S(=O)(=O)N(C)C. The van der Waals surface area contributed by atoms with Gasteiger partial charge in [-0.15, -0.1) is 0 Å². The van der Waals surface area contributed by atoms with Crippen molar-refractivity contribution in [3.05, 3.63) is 60.2 Å². The summed E-state index contributed by atoms with van der Waals surface area (Å²) < 4.78 is 33.9. The largest absolute Gasteiger partial charge is 0.497 e. The van der Waals surface area contributed by atoms with Gasteiger partial charge in [-0.3, -0.25) is 9.59 Å². The topological polar surface area (TPSA) is 99.3 Å². The van der Waals surface area contributed by atoms with Gasteiger partial charge in [-0.1, -0.05) is 50.1 Å². The number of hydrogen-bond acceptors (Lipinski definition) is 5. The summed E-state index contributed by atoms with van der Waals surface area (Å²) in [5, 5.41) is 3.11. The molecule has 3 rings (SSSR count). The van der Waals surface area contributed by atoms with Crippen LogP contribution in [-0.4, -0.2) is 69.3 Å². The van der Waals surface area contributed by atoms with Gasteiger partial charge in [0.2, 0.25) is 11.8 Å². The van der Waals surface area contributed by atoms with Crippen LogP contribution in [0.25, 0.3) is 0 Å². The van der Waals surface area contributed by atoms with Crippen molar-refractivity contribution in [1.82, 2.24) is 14.5 Å². The molecule has 0 unspecified atom stereocenters. The first-order valence-electron chi connectivity index (χ1n) is 12.6. The molecule has 1 saturated carbocycles. The van der Waals surface area contributed by atoms with E-state index in [-0.39, 0.29) is 18.5 Å². The van der Waals surface area contributed by atoms with Gasteiger partial charge in [0, 0.05) is 26.7 Å². The van der Waals surface area contributed by atoms with Crippen molar-refractivity contribution in [2.75, 3.05) is 32.1 Å². The molecule has 2 amide bonds. The smallest absolute Gasteiger partial charge is 0.304 e. The summed E-state index contributed by atoms with van der Waals surface area (Å²) in [5.74, 6) is -0.0488. The highest BCUT2D eigenvalue weighted by Gasteiger charge is 2.34. The van der Waals surface area contributed by atoms with Crippen molar-refractivity contribution >= 4 is 27.7 Å². The summed E-state index contributed by atoms with van der Waals surface area (Å²) >= 11 is 0. The van der Waals surface area contributed by atoms with Gasteiger partial charge in [-0.2, -0.15) is 12.7 Å². The Morgan fingerprint density at radius 3 is 2.32 bits per heavy atom. The highest BCUT2D eigenvalue weighted by Crippen LogP contribution is 2.23. The lowest BCUT2D eigenvalue weighted by Crippen LogP contribution is -2.54. The van der Waals surface area contributed by atoms with Gasteiger partial charge in [-0.25, -0.2) is 4.31 Å². The van der Waals surface area contributed by atoms with Gasteiger partial charge < -0.3 is 15.0 Å². The quantitative estimate of drug-likeness (QED) is 0.455. The summed E-state index contributed by atoms with van der Waals surface area (Å²) in [6.07, 6.45) is 4.38. The molecule has 0 heterocycles. The van der Waals surface area contributed by atoms with Crippen LogP contribution in [0, 0.1) is 0 Å². The maximum atomic E-state index is 13.9. The molecule has 0 saturated heterocycles. The third kappa shape index (κ3) is 7.23. The highest BCUT2D eigenvalue weighted by molar-refractivity contribution is 7.90. The lowest BCUT2D eigenvalue weighted by atomic mass is 10.1. The second-order valence-electron chi connectivity index (χ2n) is 9.42. The van der Waals surface area contributed by atoms with Crippen molar-refractivity contribution in [2.45, 2.75) is 57.7 Å². The van der Waals surface area contributed by atoms with Crippen molar-refractivity contribution in [3.63, 3.8) is 0 Å². The average Bonchev–Trinajstić information content (AvgIpc) is 3.40. The molecule has 2 aromatic carbocycles. The van der Waals surface area contributed by atoms with Gasteiger partial charge in [0.1, 0.15) is 18.3 Å². The zero-order valence-corrected chi connectivity index (χ0v) is 22.9. The first-order chi connectivity index (χ1) is 17.7. The lowest BCUT2D eigenvalue weighted by molar-refractivity contribution is -0.140. The molecule has 0 aliphatic heterocycles. The van der Waals surface area contributed by atoms with Crippen molar-refractivity contribution in [2.24, 2.45) is 0 Å². The Balaban J connectivity index is 1.96. The summed E-state index contributed by atoms with van der Waals surface area (Å²) in [6, 6.07) is 15.2. The van der Waals surface area contributed by atoms with E-state index in [2.05, 4.69) is 5.32 Å². The average molecular weight is 531 g/mol. The van der Waals surface area contributed by atoms with E-state index in [1.807, 2.05) is 25.1 Å². The zero-order chi connectivity index (χ0) is 27.0. The molecular weight excluding hydrogens is 492 g/mol. The van der Waals surface area contributed by atoms with Crippen LogP contribution in [0.5, 0.6) is 5.75 Å². The molecule has 0 bridgehead atoms. The Labute approximate surface area is 220 Å². The first-order valence-corrected chi connectivity index (χ1v) is 14.0. The van der Waals surface area contributed by atoms with E-state index < -0.39 is 28.7 Å². The van der Waals surface area contributed by atoms with Crippen molar-refractivity contribution < 1.29 is 22.7 Å². The Hall–Kier alpha value is -3.11. The fourth-order valence-corrected chi connectivity index (χ4v) is 5.62. The van der Waals surface area contributed by atoms with E-state index in [9.17, 15) is 18.0 Å². The van der Waals surface area contributed by atoms with E-state index in [4.69, 9.17) is 4.74 Å². The second-order valence-corrected chi connectivity index (χ2v) is 11.5. The summed E-state index contributed by atoms with van der Waals surface area (Å²) in [4.78, 5) is 28.8. The van der Waals surface area contributed by atoms with Gasteiger partial charge in [0.25, 0.3) is 0 Å². The van der Waals surface area contributed by atoms with E-state index >= 15 is 0 Å². The van der Waals surface area contributed by atoms with Crippen molar-refractivity contribution in [1.29, 1.82) is 0 Å². The Bertz CT molecular complexity index is 1150. The number of anilines is 1. The maximum Gasteiger partial charge on any atom is 0.304 e. The van der Waals surface area contributed by atoms with Gasteiger partial charge >= 0.3 is 10.2 Å². The fraction of sp³-hybridized carbons (Fsp3) is 0.481. The molecule has 1 aliphatic rings. The van der Waals surface area contributed by atoms with Crippen LogP contribution in [0.4, 0.5) is 5.69 Å². The number of rotatable bonds is 12. The molecule has 37 heavy (non-hydrogen) atoms. The predicted octanol–water partition coefficient (Wildman–Crippen LogP) is 3.17. The third-order valence-corrected chi connectivity index (χ3v) is 8.46. The molecule has 1 atom stereocenters. The molecule has 2 aromatic rings. The molecule has 10 heteroatoms. The van der Waals surface area contributed by atoms with Crippen LogP contribution in [-0.2, 0) is 26.3 Å². The number of hydrogen-bond donors (Lipinski definition) is 1. The van der Waals surface area contributed by atoms with Gasteiger partial charge in [0.15, 0.2) is 0 Å². The number of nitrogens with one attached hydrogen (secondary N) is 1. The maximum absolute atomic E-state index is 13.9. The molecule has 0 radical (unpaired) electrons. The summed E-state index contributed by atoms with van der Waals surface area (Å²) in [6.45, 7) is 1.55. The molecule has 9 nitrogen and oxygen atoms in total. The predicted molar refractivity (Wildman–Crippen MR) is 144 cm³/mol. The minimum absolute atomic E-state index is 0.102. The fourth-order valence-electron chi connectivity index (χ4n) is 4.57. The van der Waals surface area contributed by atoms with E-state index in [0.29, 0.717) is 17.9 Å². The van der Waals surface area contributed by atoms with E-state index in [0.717, 1.165) is 39.9 Å². The van der Waals surface area contributed by atoms with Crippen LogP contribution in [0.1, 0.15) is 44.6 Å². The standard InChI is InChI=1S/C27H38N4O5S/c1-5-25(27(33)28-22-13-9-10-14-22)30(19-21-12-11-17-24(18-21)36-4)26(32)20-31(37(34,35)29(2)3)23-15-7-6-8-16-23/h6-8,11-12,15-18,22,25H,5,9-10,13-14,19-20H2,1-4H3,(H,28,33)/t25-/m0/s1. The first kappa shape index (κ1) is 28.5. The summed E-state index contributed by atoms with van der Waals surface area (Å²) in [7, 11) is 0.437. The number of para-hydroxylation sites is 1. The van der Waals surface area contributed by atoms with Crippen LogP contribution < -0.4 is 14.4 Å². The van der Waals surface area contributed by atoms with Crippen LogP contribution in [0.2, 0.25) is 0 Å². The zero-order valence-electron chi connectivity index (χ0n) is 22.1. The normalized spacial score (nSPS) is 14.8. The Morgan fingerprint density at radius 2 is 1.73 bits per heavy atom. The van der Waals surface area contributed by atoms with Crippen molar-refractivity contribution in [3.8, 4) is 5.75 Å². The molecule has 202 valence electrons. The number of carbonyl (C=O) groups is 2. The molecule has 1 N–H and O–H groups in total. The highest BCUT2D eigenvalue weighted by atomic mass is 32.2. The molecule has 0 spiro atoms. The number of benzene rings is 2. The molecule has 0 aromatic heterocycles.